The van der Waals surface area contributed by atoms with Crippen LogP contribution in [0.15, 0.2) is 24.3 Å². The second-order valence-electron chi connectivity index (χ2n) is 5.79. The third kappa shape index (κ3) is 10.3. The third-order valence-corrected chi connectivity index (χ3v) is 3.77. The number of rotatable bonds is 13. The first-order valence-electron chi connectivity index (χ1n) is 8.44. The summed E-state index contributed by atoms with van der Waals surface area (Å²) in [7, 11) is 0. The Labute approximate surface area is 129 Å². The molecule has 0 saturated carbocycles. The molecule has 1 saturated heterocycles. The van der Waals surface area contributed by atoms with Gasteiger partial charge in [-0.2, -0.15) is 0 Å². The lowest BCUT2D eigenvalue weighted by atomic mass is 10.1. The van der Waals surface area contributed by atoms with Gasteiger partial charge in [-0.25, -0.2) is 0 Å². The molecule has 1 aliphatic rings. The average Bonchev–Trinajstić information content (AvgIpc) is 3.20. The molecule has 0 aromatic rings. The number of allylic oxidation sites excluding steroid dienone is 3. The van der Waals surface area contributed by atoms with Crippen molar-refractivity contribution >= 4 is 5.97 Å². The molecule has 21 heavy (non-hydrogen) atoms. The Kier molecular flexibility index (Phi) is 9.88. The normalized spacial score (nSPS) is 21.4. The van der Waals surface area contributed by atoms with Gasteiger partial charge in [0.05, 0.1) is 6.10 Å². The van der Waals surface area contributed by atoms with Crippen molar-refractivity contribution in [3.63, 3.8) is 0 Å². The lowest BCUT2D eigenvalue weighted by molar-refractivity contribution is -0.137. The molecule has 0 aliphatic carbocycles. The molecule has 0 bridgehead atoms. The Morgan fingerprint density at radius 3 is 2.62 bits per heavy atom. The van der Waals surface area contributed by atoms with Gasteiger partial charge in [0.2, 0.25) is 0 Å². The van der Waals surface area contributed by atoms with Crippen LogP contribution in [-0.2, 0) is 9.53 Å². The SMILES string of the molecule is CCCCC=CC=C[C@H]1O[C@@H]1CCCCCCCC(=O)O. The van der Waals surface area contributed by atoms with E-state index in [2.05, 4.69) is 31.2 Å². The van der Waals surface area contributed by atoms with Crippen molar-refractivity contribution < 1.29 is 14.6 Å². The molecule has 1 fully saturated rings. The van der Waals surface area contributed by atoms with E-state index in [1.165, 1.54) is 25.7 Å². The highest BCUT2D eigenvalue weighted by molar-refractivity contribution is 5.66. The maximum atomic E-state index is 10.4. The summed E-state index contributed by atoms with van der Waals surface area (Å²) in [5, 5.41) is 8.53. The topological polar surface area (TPSA) is 49.8 Å². The summed E-state index contributed by atoms with van der Waals surface area (Å²) < 4.78 is 5.61. The minimum absolute atomic E-state index is 0.310. The number of aliphatic carboxylic acids is 1. The van der Waals surface area contributed by atoms with Crippen molar-refractivity contribution in [3.8, 4) is 0 Å². The summed E-state index contributed by atoms with van der Waals surface area (Å²) in [5.74, 6) is -0.681. The summed E-state index contributed by atoms with van der Waals surface area (Å²) in [5.41, 5.74) is 0. The van der Waals surface area contributed by atoms with Gasteiger partial charge in [-0.05, 0) is 19.3 Å². The summed E-state index contributed by atoms with van der Waals surface area (Å²) in [4.78, 5) is 10.4. The van der Waals surface area contributed by atoms with E-state index in [0.29, 0.717) is 18.6 Å². The zero-order chi connectivity index (χ0) is 15.3. The van der Waals surface area contributed by atoms with Gasteiger partial charge in [0.15, 0.2) is 0 Å². The molecule has 3 heteroatoms. The molecule has 0 radical (unpaired) electrons. The van der Waals surface area contributed by atoms with E-state index < -0.39 is 5.97 Å². The first-order valence-corrected chi connectivity index (χ1v) is 8.44. The first kappa shape index (κ1) is 18.0. The van der Waals surface area contributed by atoms with Gasteiger partial charge in [-0.15, -0.1) is 0 Å². The minimum Gasteiger partial charge on any atom is -0.481 e. The Hall–Kier alpha value is -1.09. The lowest BCUT2D eigenvalue weighted by Gasteiger charge is -1.98. The quantitative estimate of drug-likeness (QED) is 0.299. The fraction of sp³-hybridized carbons (Fsp3) is 0.722. The van der Waals surface area contributed by atoms with Gasteiger partial charge in [0.25, 0.3) is 0 Å². The summed E-state index contributed by atoms with van der Waals surface area (Å²) in [6.07, 6.45) is 19.8. The van der Waals surface area contributed by atoms with Crippen LogP contribution in [0.25, 0.3) is 0 Å². The monoisotopic (exact) mass is 294 g/mol. The number of epoxide rings is 1. The van der Waals surface area contributed by atoms with E-state index in [9.17, 15) is 4.79 Å². The van der Waals surface area contributed by atoms with Gasteiger partial charge in [-0.1, -0.05) is 69.8 Å². The standard InChI is InChI=1S/C18H30O3/c1-2-3-4-5-7-10-13-16-17(21-16)14-11-8-6-9-12-15-18(19)20/h5,7,10,13,16-17H,2-4,6,8-9,11-12,14-15H2,1H3,(H,19,20)/t16-,17-/m1/s1. The molecule has 0 spiro atoms. The Morgan fingerprint density at radius 1 is 1.10 bits per heavy atom. The van der Waals surface area contributed by atoms with E-state index in [-0.39, 0.29) is 0 Å². The van der Waals surface area contributed by atoms with E-state index >= 15 is 0 Å². The van der Waals surface area contributed by atoms with Gasteiger partial charge < -0.3 is 9.84 Å². The van der Waals surface area contributed by atoms with Crippen molar-refractivity contribution in [1.29, 1.82) is 0 Å². The summed E-state index contributed by atoms with van der Waals surface area (Å²) in [6, 6.07) is 0. The second kappa shape index (κ2) is 11.6. The predicted molar refractivity (Wildman–Crippen MR) is 86.4 cm³/mol. The fourth-order valence-electron chi connectivity index (χ4n) is 2.38. The van der Waals surface area contributed by atoms with Gasteiger partial charge >= 0.3 is 5.97 Å². The molecule has 0 unspecified atom stereocenters. The van der Waals surface area contributed by atoms with Crippen molar-refractivity contribution in [2.24, 2.45) is 0 Å². The molecule has 3 nitrogen and oxygen atoms in total. The lowest BCUT2D eigenvalue weighted by Crippen LogP contribution is -1.94. The average molecular weight is 294 g/mol. The van der Waals surface area contributed by atoms with Crippen LogP contribution >= 0.6 is 0 Å². The van der Waals surface area contributed by atoms with Gasteiger partial charge in [0, 0.05) is 6.42 Å². The van der Waals surface area contributed by atoms with Crippen molar-refractivity contribution in [2.45, 2.75) is 83.3 Å². The Morgan fingerprint density at radius 2 is 1.86 bits per heavy atom. The van der Waals surface area contributed by atoms with E-state index in [0.717, 1.165) is 32.1 Å². The van der Waals surface area contributed by atoms with Crippen LogP contribution in [0.3, 0.4) is 0 Å². The highest BCUT2D eigenvalue weighted by Gasteiger charge is 2.35. The predicted octanol–water partition coefficient (Wildman–Crippen LogP) is 4.87. The number of ether oxygens (including phenoxy) is 1. The van der Waals surface area contributed by atoms with Crippen LogP contribution in [0.1, 0.15) is 71.1 Å². The Bertz CT molecular complexity index is 333. The van der Waals surface area contributed by atoms with Crippen LogP contribution in [0.4, 0.5) is 0 Å². The highest BCUT2D eigenvalue weighted by Crippen LogP contribution is 2.28. The molecule has 2 atom stereocenters. The molecular formula is C18H30O3. The maximum absolute atomic E-state index is 10.4. The van der Waals surface area contributed by atoms with E-state index in [1.807, 2.05) is 0 Å². The molecule has 120 valence electrons. The number of carboxylic acids is 1. The molecular weight excluding hydrogens is 264 g/mol. The van der Waals surface area contributed by atoms with Crippen LogP contribution < -0.4 is 0 Å². The molecule has 0 aromatic carbocycles. The van der Waals surface area contributed by atoms with E-state index in [1.54, 1.807) is 0 Å². The third-order valence-electron chi connectivity index (χ3n) is 3.77. The molecule has 1 aliphatic heterocycles. The smallest absolute Gasteiger partial charge is 0.303 e. The zero-order valence-electron chi connectivity index (χ0n) is 13.3. The number of hydrogen-bond donors (Lipinski definition) is 1. The number of hydrogen-bond acceptors (Lipinski definition) is 2. The fourth-order valence-corrected chi connectivity index (χ4v) is 2.38. The molecule has 1 rings (SSSR count). The maximum Gasteiger partial charge on any atom is 0.303 e. The van der Waals surface area contributed by atoms with Crippen LogP contribution in [0.5, 0.6) is 0 Å². The second-order valence-corrected chi connectivity index (χ2v) is 5.79. The number of carboxylic acid groups (broad SMARTS) is 1. The molecule has 1 N–H and O–H groups in total. The molecule has 0 aromatic heterocycles. The zero-order valence-corrected chi connectivity index (χ0v) is 13.3. The van der Waals surface area contributed by atoms with Crippen molar-refractivity contribution in [1.82, 2.24) is 0 Å². The first-order chi connectivity index (χ1) is 10.2. The Balaban J connectivity index is 1.89. The number of carbonyl (C=O) groups is 1. The van der Waals surface area contributed by atoms with Crippen LogP contribution in [0.2, 0.25) is 0 Å². The minimum atomic E-state index is -0.681. The summed E-state index contributed by atoms with van der Waals surface area (Å²) >= 11 is 0. The van der Waals surface area contributed by atoms with Gasteiger partial charge in [0.1, 0.15) is 6.10 Å². The van der Waals surface area contributed by atoms with Crippen molar-refractivity contribution in [2.75, 3.05) is 0 Å². The molecule has 0 amide bonds. The van der Waals surface area contributed by atoms with E-state index in [4.69, 9.17) is 9.84 Å². The van der Waals surface area contributed by atoms with Gasteiger partial charge in [-0.3, -0.25) is 4.79 Å². The highest BCUT2D eigenvalue weighted by atomic mass is 16.6. The van der Waals surface area contributed by atoms with Crippen LogP contribution in [-0.4, -0.2) is 23.3 Å². The molecule has 1 heterocycles. The number of unbranched alkanes of at least 4 members (excludes halogenated alkanes) is 6. The largest absolute Gasteiger partial charge is 0.481 e. The van der Waals surface area contributed by atoms with Crippen LogP contribution in [0, 0.1) is 0 Å². The van der Waals surface area contributed by atoms with Crippen molar-refractivity contribution in [3.05, 3.63) is 24.3 Å². The summed E-state index contributed by atoms with van der Waals surface area (Å²) in [6.45, 7) is 2.21.